The highest BCUT2D eigenvalue weighted by Crippen LogP contribution is 2.60. The molecular formula is C46H70N18O28. The van der Waals surface area contributed by atoms with Crippen LogP contribution >= 0.6 is 0 Å². The molecule has 18 N–H and O–H groups in total. The summed E-state index contributed by atoms with van der Waals surface area (Å²) >= 11 is 0. The van der Waals surface area contributed by atoms with E-state index in [1.807, 2.05) is 0 Å². The lowest BCUT2D eigenvalue weighted by Crippen LogP contribution is -2.96. The Bertz CT molecular complexity index is 2920. The molecule has 92 heavy (non-hydrogen) atoms. The Morgan fingerprint density at radius 2 is 0.913 bits per heavy atom. The number of hydrogen-bond acceptors (Lipinski definition) is 34. The molecule has 512 valence electrons. The summed E-state index contributed by atoms with van der Waals surface area (Å²) in [6.07, 6.45) is -48.8. The van der Waals surface area contributed by atoms with Crippen LogP contribution in [-0.2, 0) is 47.4 Å². The standard InChI is InChI=1S/C46H70N18O28/c1-3-15-83-35-27(69)22(9-14-57-63-51)88-43-33(75)28(70)34(17(4-2)87-43)90-41(80)32(74)25(67)20(7-12-55-61-49)86-39(78)30(72)23(65)18(5-10-53-59-47)84-38(77)29(71)24(66)19(6-11-54-60-48)85-40(79)31(73)26(68)21(8-13-56-62-50)89-44-46(82)36(76)37(91-42(35)81)45(46,92-44)16-58-64-52/h3,17-22,25,28,32-34,36-44,65-82H,1,4-16H2,2H3. The van der Waals surface area contributed by atoms with Crippen LogP contribution in [0.2, 0.25) is 0 Å². The van der Waals surface area contributed by atoms with Gasteiger partial charge in [-0.25, -0.2) is 0 Å². The molecule has 5 rings (SSSR count). The monoisotopic (exact) mass is 1320 g/mol. The van der Waals surface area contributed by atoms with Gasteiger partial charge in [-0.1, -0.05) is 50.3 Å². The molecule has 0 aromatic heterocycles. The van der Waals surface area contributed by atoms with Gasteiger partial charge in [0.25, 0.3) is 0 Å². The Labute approximate surface area is 516 Å². The highest BCUT2D eigenvalue weighted by atomic mass is 16.8. The Morgan fingerprint density at radius 1 is 0.478 bits per heavy atom. The van der Waals surface area contributed by atoms with Crippen molar-refractivity contribution in [1.29, 1.82) is 0 Å². The number of aliphatic hydroxyl groups is 18. The quantitative estimate of drug-likeness (QED) is 0.0328. The Kier molecular flexibility index (Phi) is 30.3. The first-order valence-corrected chi connectivity index (χ1v) is 27.3. The number of ether oxygens (including phenoxy) is 10. The van der Waals surface area contributed by atoms with E-state index >= 15 is 0 Å². The number of aliphatic hydroxyl groups excluding tert-OH is 17. The first kappa shape index (κ1) is 76.6. The minimum Gasteiger partial charge on any atom is -0.506 e. The summed E-state index contributed by atoms with van der Waals surface area (Å²) in [7, 11) is 0. The second-order valence-corrected chi connectivity index (χ2v) is 19.9. The highest BCUT2D eigenvalue weighted by Gasteiger charge is 2.85. The highest BCUT2D eigenvalue weighted by molar-refractivity contribution is 5.33. The van der Waals surface area contributed by atoms with Gasteiger partial charge >= 0.3 is 0 Å². The fraction of sp³-hybridized carbons (Fsp3) is 0.783. The third-order valence-electron chi connectivity index (χ3n) is 14.4. The van der Waals surface area contributed by atoms with E-state index < -0.39 is 259 Å². The topological polar surface area (TPSA) is 749 Å². The molecule has 1 aliphatic carbocycles. The average molecular weight is 1320 g/mol. The zero-order valence-corrected chi connectivity index (χ0v) is 48.2. The molecule has 4 heterocycles. The molecule has 0 aromatic rings. The van der Waals surface area contributed by atoms with Crippen molar-refractivity contribution in [3.05, 3.63) is 121 Å². The van der Waals surface area contributed by atoms with Gasteiger partial charge in [0, 0.05) is 62.2 Å². The summed E-state index contributed by atoms with van der Waals surface area (Å²) in [5.74, 6) is -11.7. The van der Waals surface area contributed by atoms with Crippen LogP contribution in [0.1, 0.15) is 45.4 Å². The molecule has 22 unspecified atom stereocenters. The SMILES string of the molecule is C=CCOC1=C(O)C(CCN=[N+]=[N-])OC2OC(CC)C(OC(O)C(O)C(O)C(CCN=[N+]=[N-])OC(O)C(O)=C(O)C(CCN=[N+]=[N-])OC(O)C(O)=C(O)C(CCN=[N+]=[N-])OC(O)C(O)=C(O)C(CCN=[N+]=[N-])OC3OC4(CN=[N+]=[N-])C(OC1O)C(O)C34O)C(O)C2O. The fourth-order valence-electron chi connectivity index (χ4n) is 9.58. The zero-order chi connectivity index (χ0) is 68.6. The van der Waals surface area contributed by atoms with Crippen LogP contribution in [0, 0.1) is 0 Å². The molecule has 0 radical (unpaired) electrons. The predicted molar refractivity (Wildman–Crippen MR) is 296 cm³/mol. The van der Waals surface area contributed by atoms with E-state index in [9.17, 15) is 97.4 Å². The summed E-state index contributed by atoms with van der Waals surface area (Å²) < 4.78 is 55.8. The third kappa shape index (κ3) is 18.3. The van der Waals surface area contributed by atoms with Gasteiger partial charge in [-0.05, 0) is 71.7 Å². The minimum absolute atomic E-state index is 0.207. The summed E-state index contributed by atoms with van der Waals surface area (Å²) in [5, 5.41) is 224. The molecule has 0 amide bonds. The number of fused-ring (bicyclic) bond motifs is 23. The maximum atomic E-state index is 12.1. The first-order chi connectivity index (χ1) is 43.8. The number of hydrogen-bond donors (Lipinski definition) is 18. The minimum atomic E-state index is -2.90. The fourth-order valence-corrected chi connectivity index (χ4v) is 9.58. The van der Waals surface area contributed by atoms with Crippen molar-refractivity contribution in [2.24, 2.45) is 30.7 Å². The summed E-state index contributed by atoms with van der Waals surface area (Å²) in [6, 6.07) is 0. The van der Waals surface area contributed by atoms with Gasteiger partial charge in [0.2, 0.25) is 25.2 Å². The normalized spacial score (nSPS) is 36.5. The molecule has 5 aliphatic rings. The third-order valence-corrected chi connectivity index (χ3v) is 14.4. The lowest BCUT2D eigenvalue weighted by molar-refractivity contribution is -0.526. The van der Waals surface area contributed by atoms with Gasteiger partial charge in [-0.3, -0.25) is 0 Å². The molecular weight excluding hydrogens is 1250 g/mol. The van der Waals surface area contributed by atoms with Crippen molar-refractivity contribution >= 4 is 0 Å². The van der Waals surface area contributed by atoms with Gasteiger partial charge in [0.05, 0.1) is 18.8 Å². The lowest BCUT2D eigenvalue weighted by Gasteiger charge is -2.72. The van der Waals surface area contributed by atoms with E-state index in [0.717, 1.165) is 6.08 Å². The number of nitrogens with zero attached hydrogens (tertiary/aromatic N) is 18. The molecule has 22 atom stereocenters. The first-order valence-electron chi connectivity index (χ1n) is 27.3. The second-order valence-electron chi connectivity index (χ2n) is 19.9. The smallest absolute Gasteiger partial charge is 0.218 e. The maximum absolute atomic E-state index is 12.1. The molecule has 4 aliphatic heterocycles. The van der Waals surface area contributed by atoms with E-state index in [1.54, 1.807) is 0 Å². The second kappa shape index (κ2) is 36.4. The molecule has 46 nitrogen and oxygen atoms in total. The molecule has 4 bridgehead atoms. The van der Waals surface area contributed by atoms with Crippen molar-refractivity contribution in [3.8, 4) is 0 Å². The summed E-state index contributed by atoms with van der Waals surface area (Å²) in [5.41, 5.74) is 49.0. The largest absolute Gasteiger partial charge is 0.506 e. The number of rotatable bonds is 21. The van der Waals surface area contributed by atoms with Crippen LogP contribution in [-0.4, -0.2) is 272 Å². The summed E-state index contributed by atoms with van der Waals surface area (Å²) in [6.45, 7) is 0.157. The molecule has 0 aromatic carbocycles. The Hall–Kier alpha value is -7.84. The predicted octanol–water partition coefficient (Wildman–Crippen LogP) is 0.835. The van der Waals surface area contributed by atoms with Crippen LogP contribution in [0.5, 0.6) is 0 Å². The van der Waals surface area contributed by atoms with Gasteiger partial charge in [-0.2, -0.15) is 0 Å². The van der Waals surface area contributed by atoms with E-state index in [-0.39, 0.29) is 6.42 Å². The van der Waals surface area contributed by atoms with Crippen molar-refractivity contribution < 1.29 is 139 Å². The lowest BCUT2D eigenvalue weighted by atomic mass is 9.55. The molecule has 46 heteroatoms. The van der Waals surface area contributed by atoms with E-state index in [2.05, 4.69) is 66.7 Å². The average Bonchev–Trinajstić information content (AvgIpc) is 0.655. The van der Waals surface area contributed by atoms with Gasteiger partial charge in [0.15, 0.2) is 70.5 Å². The van der Waals surface area contributed by atoms with E-state index in [1.165, 1.54) is 6.92 Å². The molecule has 2 saturated heterocycles. The van der Waals surface area contributed by atoms with Crippen LogP contribution in [0.15, 0.2) is 89.4 Å². The van der Waals surface area contributed by atoms with Gasteiger partial charge in [0.1, 0.15) is 79.4 Å². The maximum Gasteiger partial charge on any atom is 0.218 e. The van der Waals surface area contributed by atoms with Crippen molar-refractivity contribution in [3.63, 3.8) is 0 Å². The van der Waals surface area contributed by atoms with Crippen LogP contribution in [0.4, 0.5) is 0 Å². The summed E-state index contributed by atoms with van der Waals surface area (Å²) in [4.78, 5) is 15.4. The van der Waals surface area contributed by atoms with E-state index in [4.69, 9.17) is 75.0 Å². The Morgan fingerprint density at radius 3 is 1.36 bits per heavy atom. The molecule has 0 spiro atoms. The van der Waals surface area contributed by atoms with Gasteiger partial charge in [-0.15, -0.1) is 0 Å². The van der Waals surface area contributed by atoms with Crippen LogP contribution in [0.25, 0.3) is 62.7 Å². The van der Waals surface area contributed by atoms with Crippen molar-refractivity contribution in [1.82, 2.24) is 0 Å². The van der Waals surface area contributed by atoms with Crippen LogP contribution < -0.4 is 0 Å². The van der Waals surface area contributed by atoms with Gasteiger partial charge < -0.3 is 139 Å². The van der Waals surface area contributed by atoms with E-state index in [0.29, 0.717) is 0 Å². The molecule has 1 saturated carbocycles. The molecule has 3 fully saturated rings. The zero-order valence-electron chi connectivity index (χ0n) is 48.2. The Balaban J connectivity index is 1.95. The van der Waals surface area contributed by atoms with Crippen molar-refractivity contribution in [2.75, 3.05) is 45.9 Å². The van der Waals surface area contributed by atoms with Crippen molar-refractivity contribution in [2.45, 2.75) is 180 Å². The number of azide groups is 6. The van der Waals surface area contributed by atoms with Crippen LogP contribution in [0.3, 0.4) is 0 Å².